The van der Waals surface area contributed by atoms with Gasteiger partial charge in [0.1, 0.15) is 0 Å². The quantitative estimate of drug-likeness (QED) is 0.325. The van der Waals surface area contributed by atoms with E-state index in [2.05, 4.69) is 36.9 Å². The van der Waals surface area contributed by atoms with Gasteiger partial charge in [0.05, 0.1) is 6.20 Å². The molecule has 10 nitrogen and oxygen atoms in total. The van der Waals surface area contributed by atoms with Crippen molar-refractivity contribution in [3.63, 3.8) is 0 Å². The Balaban J connectivity index is 1.16. The van der Waals surface area contributed by atoms with Crippen molar-refractivity contribution in [3.05, 3.63) is 54.7 Å². The number of anilines is 2. The number of nitrogens with one attached hydrogen (secondary N) is 6. The van der Waals surface area contributed by atoms with Gasteiger partial charge < -0.3 is 36.3 Å². The molecule has 2 aromatic carbocycles. The maximum atomic E-state index is 12.1. The molecule has 0 saturated carbocycles. The molecule has 2 atom stereocenters. The van der Waals surface area contributed by atoms with Crippen LogP contribution in [0.4, 0.5) is 21.0 Å². The Morgan fingerprint density at radius 2 is 1.29 bits per heavy atom. The van der Waals surface area contributed by atoms with E-state index in [1.165, 1.54) is 0 Å². The molecule has 2 aliphatic heterocycles. The smallest absolute Gasteiger partial charge is 0.319 e. The van der Waals surface area contributed by atoms with Crippen molar-refractivity contribution in [1.29, 1.82) is 0 Å². The highest BCUT2D eigenvalue weighted by molar-refractivity contribution is 5.90. The molecular weight excluding hydrogens is 446 g/mol. The summed E-state index contributed by atoms with van der Waals surface area (Å²) in [6.07, 6.45) is 3.55. The van der Waals surface area contributed by atoms with Gasteiger partial charge >= 0.3 is 12.1 Å². The molecule has 2 fully saturated rings. The van der Waals surface area contributed by atoms with Crippen LogP contribution in [0.15, 0.2) is 59.1 Å². The average molecular weight is 476 g/mol. The standard InChI is InChI=1S/C25H29N7O3/c33-24(31-20-9-11-26-13-20)29-18-5-1-16(2-6-18)22-15-28-23(35-22)17-3-7-19(8-4-17)30-25(34)32-21-10-12-27-14-21/h1-8,15,20-21,26-27H,9-14H2,(H2,29,31,33)(H2,30,32,34)/t20-,21-/m1/s1. The van der Waals surface area contributed by atoms with E-state index in [0.29, 0.717) is 23.0 Å². The van der Waals surface area contributed by atoms with E-state index in [0.717, 1.165) is 50.1 Å². The van der Waals surface area contributed by atoms with Crippen molar-refractivity contribution in [2.45, 2.75) is 24.9 Å². The number of urea groups is 2. The van der Waals surface area contributed by atoms with Gasteiger partial charge in [0.25, 0.3) is 0 Å². The van der Waals surface area contributed by atoms with Crippen LogP contribution in [0.25, 0.3) is 22.8 Å². The highest BCUT2D eigenvalue weighted by Crippen LogP contribution is 2.27. The molecule has 4 amide bonds. The van der Waals surface area contributed by atoms with Crippen molar-refractivity contribution in [2.75, 3.05) is 36.8 Å². The Morgan fingerprint density at radius 3 is 1.77 bits per heavy atom. The number of hydrogen-bond acceptors (Lipinski definition) is 6. The number of nitrogens with zero attached hydrogens (tertiary/aromatic N) is 1. The molecule has 182 valence electrons. The second-order valence-corrected chi connectivity index (χ2v) is 8.76. The first-order valence-corrected chi connectivity index (χ1v) is 11.9. The normalized spacial score (nSPS) is 19.3. The number of benzene rings is 2. The number of hydrogen-bond donors (Lipinski definition) is 6. The molecule has 6 N–H and O–H groups in total. The molecule has 0 unspecified atom stereocenters. The zero-order valence-corrected chi connectivity index (χ0v) is 19.3. The lowest BCUT2D eigenvalue weighted by molar-refractivity contribution is 0.248. The minimum absolute atomic E-state index is 0.163. The van der Waals surface area contributed by atoms with Gasteiger partial charge in [-0.1, -0.05) is 0 Å². The highest BCUT2D eigenvalue weighted by atomic mass is 16.4. The van der Waals surface area contributed by atoms with E-state index in [4.69, 9.17) is 4.42 Å². The largest absolute Gasteiger partial charge is 0.436 e. The molecule has 10 heteroatoms. The van der Waals surface area contributed by atoms with E-state index >= 15 is 0 Å². The second-order valence-electron chi connectivity index (χ2n) is 8.76. The molecule has 0 bridgehead atoms. The number of carbonyl (C=O) groups is 2. The molecule has 35 heavy (non-hydrogen) atoms. The summed E-state index contributed by atoms with van der Waals surface area (Å²) in [7, 11) is 0. The van der Waals surface area contributed by atoms with E-state index in [-0.39, 0.29) is 24.1 Å². The molecule has 0 radical (unpaired) electrons. The van der Waals surface area contributed by atoms with Gasteiger partial charge in [-0.15, -0.1) is 0 Å². The molecule has 0 spiro atoms. The van der Waals surface area contributed by atoms with Gasteiger partial charge in [-0.3, -0.25) is 0 Å². The van der Waals surface area contributed by atoms with Crippen molar-refractivity contribution in [2.24, 2.45) is 0 Å². The van der Waals surface area contributed by atoms with Crippen molar-refractivity contribution < 1.29 is 14.0 Å². The Labute approximate surface area is 203 Å². The van der Waals surface area contributed by atoms with Gasteiger partial charge in [-0.25, -0.2) is 14.6 Å². The number of carbonyl (C=O) groups excluding carboxylic acids is 2. The van der Waals surface area contributed by atoms with Crippen LogP contribution in [0.2, 0.25) is 0 Å². The fourth-order valence-corrected chi connectivity index (χ4v) is 4.22. The minimum atomic E-state index is -0.212. The zero-order chi connectivity index (χ0) is 24.0. The van der Waals surface area contributed by atoms with Crippen LogP contribution in [-0.4, -0.2) is 55.3 Å². The summed E-state index contributed by atoms with van der Waals surface area (Å²) in [5, 5.41) is 18.1. The summed E-state index contributed by atoms with van der Waals surface area (Å²) < 4.78 is 5.95. The topological polar surface area (TPSA) is 132 Å². The Hall–Kier alpha value is -3.89. The fourth-order valence-electron chi connectivity index (χ4n) is 4.22. The third-order valence-electron chi connectivity index (χ3n) is 6.11. The van der Waals surface area contributed by atoms with Crippen LogP contribution in [0.3, 0.4) is 0 Å². The number of aromatic nitrogens is 1. The average Bonchev–Trinajstić information content (AvgIpc) is 3.64. The fraction of sp³-hybridized carbons (Fsp3) is 0.320. The third-order valence-corrected chi connectivity index (χ3v) is 6.11. The van der Waals surface area contributed by atoms with E-state index in [1.54, 1.807) is 6.20 Å². The first-order chi connectivity index (χ1) is 17.1. The first-order valence-electron chi connectivity index (χ1n) is 11.9. The second kappa shape index (κ2) is 10.6. The zero-order valence-electron chi connectivity index (χ0n) is 19.3. The summed E-state index contributed by atoms with van der Waals surface area (Å²) in [6, 6.07) is 14.7. The van der Waals surface area contributed by atoms with Crippen LogP contribution >= 0.6 is 0 Å². The molecule has 3 aromatic rings. The molecular formula is C25H29N7O3. The summed E-state index contributed by atoms with van der Waals surface area (Å²) >= 11 is 0. The first kappa shape index (κ1) is 22.9. The monoisotopic (exact) mass is 475 g/mol. The van der Waals surface area contributed by atoms with Gasteiger partial charge in [-0.2, -0.15) is 0 Å². The summed E-state index contributed by atoms with van der Waals surface area (Å²) in [6.45, 7) is 3.45. The number of rotatable bonds is 6. The predicted octanol–water partition coefficient (Wildman–Crippen LogP) is 2.98. The maximum Gasteiger partial charge on any atom is 0.319 e. The number of amides is 4. The summed E-state index contributed by atoms with van der Waals surface area (Å²) in [5.41, 5.74) is 3.05. The molecule has 0 aliphatic carbocycles. The minimum Gasteiger partial charge on any atom is -0.436 e. The van der Waals surface area contributed by atoms with E-state index in [1.807, 2.05) is 48.5 Å². The highest BCUT2D eigenvalue weighted by Gasteiger charge is 2.18. The molecule has 2 aliphatic rings. The van der Waals surface area contributed by atoms with Gasteiger partial charge in [0, 0.05) is 47.7 Å². The van der Waals surface area contributed by atoms with Gasteiger partial charge in [0.15, 0.2) is 5.76 Å². The van der Waals surface area contributed by atoms with Crippen molar-refractivity contribution >= 4 is 23.4 Å². The van der Waals surface area contributed by atoms with E-state index in [9.17, 15) is 9.59 Å². The summed E-state index contributed by atoms with van der Waals surface area (Å²) in [4.78, 5) is 28.7. The molecule has 1 aromatic heterocycles. The van der Waals surface area contributed by atoms with Crippen LogP contribution < -0.4 is 31.9 Å². The molecule has 2 saturated heterocycles. The van der Waals surface area contributed by atoms with E-state index < -0.39 is 0 Å². The lowest BCUT2D eigenvalue weighted by Crippen LogP contribution is -2.39. The lowest BCUT2D eigenvalue weighted by Gasteiger charge is -2.12. The molecule has 5 rings (SSSR count). The predicted molar refractivity (Wildman–Crippen MR) is 134 cm³/mol. The van der Waals surface area contributed by atoms with Crippen LogP contribution in [-0.2, 0) is 0 Å². The summed E-state index contributed by atoms with van der Waals surface area (Å²) in [5.74, 6) is 1.11. The van der Waals surface area contributed by atoms with Crippen molar-refractivity contribution in [3.8, 4) is 22.8 Å². The maximum absolute atomic E-state index is 12.1. The Bertz CT molecular complexity index is 1060. The third kappa shape index (κ3) is 5.97. The SMILES string of the molecule is O=C(Nc1ccc(-c2cnc(-c3ccc(NC(=O)N[C@@H]4CCNC4)cc3)o2)cc1)N[C@@H]1CCNC1. The molecule has 3 heterocycles. The van der Waals surface area contributed by atoms with Crippen molar-refractivity contribution in [1.82, 2.24) is 26.3 Å². The number of oxazole rings is 1. The van der Waals surface area contributed by atoms with Gasteiger partial charge in [0.2, 0.25) is 5.89 Å². The van der Waals surface area contributed by atoms with Crippen LogP contribution in [0.1, 0.15) is 12.8 Å². The lowest BCUT2D eigenvalue weighted by atomic mass is 10.2. The van der Waals surface area contributed by atoms with Crippen LogP contribution in [0.5, 0.6) is 0 Å². The van der Waals surface area contributed by atoms with Crippen LogP contribution in [0, 0.1) is 0 Å². The Kier molecular flexibility index (Phi) is 6.92. The Morgan fingerprint density at radius 1 is 0.771 bits per heavy atom. The van der Waals surface area contributed by atoms with Gasteiger partial charge in [-0.05, 0) is 74.5 Å².